The molecule has 0 spiro atoms. The van der Waals surface area contributed by atoms with E-state index in [9.17, 15) is 4.79 Å². The molecule has 3 heteroatoms. The van der Waals surface area contributed by atoms with Gasteiger partial charge in [0.2, 0.25) is 5.76 Å². The van der Waals surface area contributed by atoms with Crippen molar-refractivity contribution >= 4 is 5.97 Å². The van der Waals surface area contributed by atoms with Crippen LogP contribution in [0.15, 0.2) is 24.2 Å². The van der Waals surface area contributed by atoms with Crippen LogP contribution in [0.4, 0.5) is 0 Å². The summed E-state index contributed by atoms with van der Waals surface area (Å²) in [6.07, 6.45) is 21.2. The fourth-order valence-electron chi connectivity index (χ4n) is 2.36. The molecule has 0 aliphatic carbocycles. The number of hydrogen-bond acceptors (Lipinski definition) is 3. The van der Waals surface area contributed by atoms with Gasteiger partial charge in [0.05, 0.1) is 6.61 Å². The summed E-state index contributed by atoms with van der Waals surface area (Å²) in [5, 5.41) is 0. The summed E-state index contributed by atoms with van der Waals surface area (Å²) >= 11 is 0. The van der Waals surface area contributed by atoms with E-state index in [0.717, 1.165) is 12.8 Å². The highest BCUT2D eigenvalue weighted by Gasteiger charge is 2.21. The van der Waals surface area contributed by atoms with Crippen molar-refractivity contribution in [2.24, 2.45) is 0 Å². The zero-order valence-electron chi connectivity index (χ0n) is 14.1. The molecule has 0 amide bonds. The van der Waals surface area contributed by atoms with Gasteiger partial charge in [0, 0.05) is 0 Å². The highest BCUT2D eigenvalue weighted by molar-refractivity contribution is 5.88. The molecule has 0 bridgehead atoms. The van der Waals surface area contributed by atoms with Gasteiger partial charge in [-0.05, 0) is 32.1 Å². The van der Waals surface area contributed by atoms with E-state index in [1.54, 1.807) is 0 Å². The van der Waals surface area contributed by atoms with Gasteiger partial charge in [0.1, 0.15) is 6.26 Å². The summed E-state index contributed by atoms with van der Waals surface area (Å²) < 4.78 is 9.69. The molecule has 0 aromatic carbocycles. The first kappa shape index (κ1) is 18.8. The molecule has 1 heterocycles. The van der Waals surface area contributed by atoms with Gasteiger partial charge in [0.25, 0.3) is 0 Å². The minimum absolute atomic E-state index is 0.318. The van der Waals surface area contributed by atoms with E-state index < -0.39 is 0 Å². The molecule has 0 N–H and O–H groups in total. The van der Waals surface area contributed by atoms with Crippen LogP contribution < -0.4 is 0 Å². The Bertz CT molecular complexity index is 345. The van der Waals surface area contributed by atoms with Crippen LogP contribution >= 0.6 is 0 Å². The Labute approximate surface area is 135 Å². The molecule has 126 valence electrons. The van der Waals surface area contributed by atoms with Crippen molar-refractivity contribution in [2.45, 2.75) is 84.0 Å². The molecule has 0 fully saturated rings. The second-order valence-corrected chi connectivity index (χ2v) is 5.97. The highest BCUT2D eigenvalue weighted by atomic mass is 16.6. The fourth-order valence-corrected chi connectivity index (χ4v) is 2.36. The van der Waals surface area contributed by atoms with Gasteiger partial charge in [0.15, 0.2) is 0 Å². The Morgan fingerprint density at radius 3 is 2.09 bits per heavy atom. The van der Waals surface area contributed by atoms with Crippen molar-refractivity contribution in [1.29, 1.82) is 0 Å². The van der Waals surface area contributed by atoms with E-state index in [4.69, 9.17) is 4.74 Å². The van der Waals surface area contributed by atoms with Gasteiger partial charge in [-0.1, -0.05) is 64.0 Å². The largest absolute Gasteiger partial charge is 0.460 e. The lowest BCUT2D eigenvalue weighted by atomic mass is 10.1. The molecule has 0 aromatic heterocycles. The number of unbranched alkanes of at least 4 members (excludes halogenated alkanes) is 10. The summed E-state index contributed by atoms with van der Waals surface area (Å²) in [6.45, 7) is 2.77. The summed E-state index contributed by atoms with van der Waals surface area (Å²) in [4.78, 5) is 11.1. The number of carbonyl (C=O) groups is 1. The maximum atomic E-state index is 11.1. The molecular formula is C19H32O3. The van der Waals surface area contributed by atoms with Crippen LogP contribution in [-0.2, 0) is 14.3 Å². The number of ether oxygens (including phenoxy) is 2. The van der Waals surface area contributed by atoms with E-state index in [1.165, 1.54) is 70.5 Å². The van der Waals surface area contributed by atoms with Gasteiger partial charge < -0.3 is 9.47 Å². The second-order valence-electron chi connectivity index (χ2n) is 5.97. The normalized spacial score (nSPS) is 13.0. The number of carbonyl (C=O) groups excluding carboxylic acids is 1. The highest BCUT2D eigenvalue weighted by Crippen LogP contribution is 2.15. The zero-order valence-corrected chi connectivity index (χ0v) is 14.1. The van der Waals surface area contributed by atoms with Crippen molar-refractivity contribution in [3.63, 3.8) is 0 Å². The number of hydrogen-bond donors (Lipinski definition) is 0. The number of rotatable bonds is 15. The van der Waals surface area contributed by atoms with Crippen LogP contribution in [0.1, 0.15) is 84.0 Å². The molecule has 0 saturated heterocycles. The third kappa shape index (κ3) is 11.4. The third-order valence-electron chi connectivity index (χ3n) is 3.83. The first-order valence-corrected chi connectivity index (χ1v) is 9.03. The van der Waals surface area contributed by atoms with E-state index >= 15 is 0 Å². The van der Waals surface area contributed by atoms with Gasteiger partial charge in [-0.2, -0.15) is 0 Å². The minimum Gasteiger partial charge on any atom is -0.460 e. The number of allylic oxidation sites excluding steroid dienone is 2. The SMILES string of the molecule is CCCCCC/C=C\CCCCCCCCOC(=O)C1=CO1. The predicted molar refractivity (Wildman–Crippen MR) is 90.3 cm³/mol. The average Bonchev–Trinajstić information content (AvgIpc) is 3.36. The Balaban J connectivity index is 1.71. The van der Waals surface area contributed by atoms with Crippen molar-refractivity contribution in [2.75, 3.05) is 6.61 Å². The van der Waals surface area contributed by atoms with Crippen LogP contribution in [0.3, 0.4) is 0 Å². The van der Waals surface area contributed by atoms with Crippen LogP contribution in [0.25, 0.3) is 0 Å². The van der Waals surface area contributed by atoms with E-state index in [2.05, 4.69) is 23.8 Å². The second kappa shape index (κ2) is 13.4. The predicted octanol–water partition coefficient (Wildman–Crippen LogP) is 5.66. The van der Waals surface area contributed by atoms with Gasteiger partial charge >= 0.3 is 5.97 Å². The molecular weight excluding hydrogens is 276 g/mol. The van der Waals surface area contributed by atoms with Crippen LogP contribution in [0.5, 0.6) is 0 Å². The lowest BCUT2D eigenvalue weighted by Gasteiger charge is -2.02. The first-order chi connectivity index (χ1) is 10.8. The fraction of sp³-hybridized carbons (Fsp3) is 0.737. The van der Waals surface area contributed by atoms with E-state index in [1.807, 2.05) is 0 Å². The molecule has 1 aliphatic heterocycles. The molecule has 3 nitrogen and oxygen atoms in total. The third-order valence-corrected chi connectivity index (χ3v) is 3.83. The van der Waals surface area contributed by atoms with Gasteiger partial charge in [-0.3, -0.25) is 0 Å². The van der Waals surface area contributed by atoms with Crippen LogP contribution in [-0.4, -0.2) is 12.6 Å². The monoisotopic (exact) mass is 308 g/mol. The first-order valence-electron chi connectivity index (χ1n) is 9.03. The van der Waals surface area contributed by atoms with Crippen LogP contribution in [0, 0.1) is 0 Å². The summed E-state index contributed by atoms with van der Waals surface area (Å²) in [5.41, 5.74) is 0. The molecule has 0 unspecified atom stereocenters. The maximum absolute atomic E-state index is 11.1. The molecule has 0 atom stereocenters. The topological polar surface area (TPSA) is 38.8 Å². The minimum atomic E-state index is -0.318. The maximum Gasteiger partial charge on any atom is 0.377 e. The molecule has 22 heavy (non-hydrogen) atoms. The zero-order chi connectivity index (χ0) is 15.9. The van der Waals surface area contributed by atoms with E-state index in [0.29, 0.717) is 12.4 Å². The summed E-state index contributed by atoms with van der Waals surface area (Å²) in [5.74, 6) is 0.0416. The van der Waals surface area contributed by atoms with Crippen molar-refractivity contribution in [1.82, 2.24) is 0 Å². The van der Waals surface area contributed by atoms with Gasteiger partial charge in [-0.15, -0.1) is 0 Å². The van der Waals surface area contributed by atoms with Crippen LogP contribution in [0.2, 0.25) is 0 Å². The Kier molecular flexibility index (Phi) is 11.5. The average molecular weight is 308 g/mol. The van der Waals surface area contributed by atoms with Crippen molar-refractivity contribution in [3.05, 3.63) is 24.2 Å². The van der Waals surface area contributed by atoms with Crippen molar-refractivity contribution in [3.8, 4) is 0 Å². The Morgan fingerprint density at radius 2 is 1.50 bits per heavy atom. The summed E-state index contributed by atoms with van der Waals surface area (Å²) in [6, 6.07) is 0. The lowest BCUT2D eigenvalue weighted by molar-refractivity contribution is -0.140. The molecule has 1 aliphatic rings. The lowest BCUT2D eigenvalue weighted by Crippen LogP contribution is -2.04. The van der Waals surface area contributed by atoms with Crippen molar-refractivity contribution < 1.29 is 14.3 Å². The Morgan fingerprint density at radius 1 is 0.955 bits per heavy atom. The molecule has 0 aromatic rings. The molecule has 0 radical (unpaired) electrons. The number of esters is 1. The quantitative estimate of drug-likeness (QED) is 0.223. The standard InChI is InChI=1S/C19H32O3/c1-2-3-4-5-6-7-8-9-10-11-12-13-14-15-16-21-19(20)18-17-22-18/h7-8,17H,2-6,9-16H2,1H3/b8-7-. The smallest absolute Gasteiger partial charge is 0.377 e. The van der Waals surface area contributed by atoms with Gasteiger partial charge in [-0.25, -0.2) is 4.79 Å². The molecule has 0 saturated carbocycles. The Hall–Kier alpha value is -1.25. The van der Waals surface area contributed by atoms with E-state index in [-0.39, 0.29) is 5.97 Å². The molecule has 1 rings (SSSR count). The summed E-state index contributed by atoms with van der Waals surface area (Å²) in [7, 11) is 0.